The summed E-state index contributed by atoms with van der Waals surface area (Å²) >= 11 is 0. The molecule has 1 aromatic carbocycles. The van der Waals surface area contributed by atoms with Gasteiger partial charge in [-0.2, -0.15) is 0 Å². The number of fused-ring (bicyclic) bond motifs is 1. The Morgan fingerprint density at radius 3 is 2.95 bits per heavy atom. The van der Waals surface area contributed by atoms with Gasteiger partial charge in [0.05, 0.1) is 30.5 Å². The number of ether oxygens (including phenoxy) is 1. The highest BCUT2D eigenvalue weighted by Crippen LogP contribution is 2.12. The van der Waals surface area contributed by atoms with Crippen LogP contribution in [0.3, 0.4) is 0 Å². The third-order valence-corrected chi connectivity index (χ3v) is 2.93. The van der Waals surface area contributed by atoms with Gasteiger partial charge in [0, 0.05) is 0 Å². The van der Waals surface area contributed by atoms with Crippen LogP contribution in [0.5, 0.6) is 0 Å². The second-order valence-corrected chi connectivity index (χ2v) is 4.25. The molecule has 102 valence electrons. The van der Waals surface area contributed by atoms with Crippen molar-refractivity contribution >= 4 is 17.0 Å². The first-order valence-corrected chi connectivity index (χ1v) is 6.56. The van der Waals surface area contributed by atoms with Gasteiger partial charge in [0.1, 0.15) is 6.04 Å². The first-order chi connectivity index (χ1) is 9.26. The summed E-state index contributed by atoms with van der Waals surface area (Å²) in [5.41, 5.74) is 1.95. The van der Waals surface area contributed by atoms with Gasteiger partial charge in [-0.3, -0.25) is 4.79 Å². The van der Waals surface area contributed by atoms with E-state index in [1.54, 1.807) is 6.33 Å². The average molecular weight is 261 g/mol. The van der Waals surface area contributed by atoms with Gasteiger partial charge in [-0.1, -0.05) is 19.1 Å². The van der Waals surface area contributed by atoms with Crippen LogP contribution in [0.25, 0.3) is 11.0 Å². The number of carbonyl (C=O) groups excluding carboxylic acids is 1. The Hall–Kier alpha value is -1.88. The zero-order chi connectivity index (χ0) is 13.7. The summed E-state index contributed by atoms with van der Waals surface area (Å²) < 4.78 is 7.05. The number of rotatable bonds is 6. The Balaban J connectivity index is 2.18. The van der Waals surface area contributed by atoms with E-state index in [9.17, 15) is 4.79 Å². The van der Waals surface area contributed by atoms with Crippen LogP contribution in [0, 0.1) is 0 Å². The van der Waals surface area contributed by atoms with Gasteiger partial charge >= 0.3 is 5.97 Å². The third-order valence-electron chi connectivity index (χ3n) is 2.93. The first-order valence-electron chi connectivity index (χ1n) is 6.56. The molecular formula is C14H19N3O2. The van der Waals surface area contributed by atoms with Crippen molar-refractivity contribution in [1.82, 2.24) is 14.9 Å². The van der Waals surface area contributed by atoms with Gasteiger partial charge in [-0.25, -0.2) is 4.98 Å². The Bertz CT molecular complexity index is 550. The number of hydrogen-bond acceptors (Lipinski definition) is 4. The van der Waals surface area contributed by atoms with Crippen LogP contribution in [0.15, 0.2) is 30.6 Å². The summed E-state index contributed by atoms with van der Waals surface area (Å²) in [5, 5.41) is 3.15. The molecule has 1 atom stereocenters. The maximum Gasteiger partial charge on any atom is 0.324 e. The molecule has 0 aliphatic rings. The number of para-hydroxylation sites is 2. The summed E-state index contributed by atoms with van der Waals surface area (Å²) in [4.78, 5) is 16.2. The Morgan fingerprint density at radius 2 is 2.21 bits per heavy atom. The van der Waals surface area contributed by atoms with Gasteiger partial charge in [-0.15, -0.1) is 0 Å². The average Bonchev–Trinajstić information content (AvgIpc) is 2.82. The second-order valence-electron chi connectivity index (χ2n) is 4.25. The number of hydrogen-bond donors (Lipinski definition) is 1. The molecule has 0 bridgehead atoms. The first kappa shape index (κ1) is 13.5. The van der Waals surface area contributed by atoms with Crippen LogP contribution in [-0.4, -0.2) is 34.7 Å². The highest BCUT2D eigenvalue weighted by molar-refractivity contribution is 5.77. The second kappa shape index (κ2) is 6.33. The van der Waals surface area contributed by atoms with Gasteiger partial charge < -0.3 is 14.6 Å². The van der Waals surface area contributed by atoms with Crippen molar-refractivity contribution in [3.8, 4) is 0 Å². The molecule has 0 spiro atoms. The van der Waals surface area contributed by atoms with Crippen LogP contribution in [0.4, 0.5) is 0 Å². The van der Waals surface area contributed by atoms with Gasteiger partial charge in [0.2, 0.25) is 0 Å². The minimum absolute atomic E-state index is 0.220. The molecule has 0 saturated carbocycles. The largest absolute Gasteiger partial charge is 0.465 e. The molecule has 5 heteroatoms. The lowest BCUT2D eigenvalue weighted by molar-refractivity contribution is -0.146. The van der Waals surface area contributed by atoms with Crippen molar-refractivity contribution in [2.24, 2.45) is 0 Å². The number of benzene rings is 1. The summed E-state index contributed by atoms with van der Waals surface area (Å²) in [5.74, 6) is -0.220. The van der Waals surface area contributed by atoms with E-state index in [0.29, 0.717) is 13.2 Å². The topological polar surface area (TPSA) is 56.2 Å². The normalized spacial score (nSPS) is 12.5. The molecule has 0 aliphatic carbocycles. The van der Waals surface area contributed by atoms with E-state index in [-0.39, 0.29) is 12.0 Å². The molecule has 0 fully saturated rings. The summed E-state index contributed by atoms with van der Waals surface area (Å²) in [6.07, 6.45) is 1.76. The summed E-state index contributed by atoms with van der Waals surface area (Å²) in [6.45, 7) is 5.42. The van der Waals surface area contributed by atoms with Crippen LogP contribution < -0.4 is 5.32 Å². The smallest absolute Gasteiger partial charge is 0.324 e. The predicted molar refractivity (Wildman–Crippen MR) is 73.8 cm³/mol. The molecule has 19 heavy (non-hydrogen) atoms. The quantitative estimate of drug-likeness (QED) is 0.802. The lowest BCUT2D eigenvalue weighted by Crippen LogP contribution is -2.41. The van der Waals surface area contributed by atoms with Crippen LogP contribution >= 0.6 is 0 Å². The van der Waals surface area contributed by atoms with Crippen molar-refractivity contribution in [3.05, 3.63) is 30.6 Å². The van der Waals surface area contributed by atoms with E-state index in [4.69, 9.17) is 4.74 Å². The predicted octanol–water partition coefficient (Wildman–Crippen LogP) is 1.58. The molecule has 5 nitrogen and oxygen atoms in total. The Kier molecular flexibility index (Phi) is 4.52. The fraction of sp³-hybridized carbons (Fsp3) is 0.429. The fourth-order valence-electron chi connectivity index (χ4n) is 2.06. The van der Waals surface area contributed by atoms with Crippen LogP contribution in [0.1, 0.15) is 13.8 Å². The van der Waals surface area contributed by atoms with E-state index >= 15 is 0 Å². The van der Waals surface area contributed by atoms with Crippen LogP contribution in [0.2, 0.25) is 0 Å². The lowest BCUT2D eigenvalue weighted by atomic mass is 10.2. The van der Waals surface area contributed by atoms with Crippen molar-refractivity contribution in [1.29, 1.82) is 0 Å². The highest BCUT2D eigenvalue weighted by Gasteiger charge is 2.19. The Morgan fingerprint density at radius 1 is 1.42 bits per heavy atom. The van der Waals surface area contributed by atoms with Crippen LogP contribution in [-0.2, 0) is 16.1 Å². The SMILES string of the molecule is CCNC(Cn1cnc2ccccc21)C(=O)OCC. The number of carbonyl (C=O) groups is 1. The number of aromatic nitrogens is 2. The lowest BCUT2D eigenvalue weighted by Gasteiger charge is -2.17. The molecule has 1 heterocycles. The van der Waals surface area contributed by atoms with Gasteiger partial charge in [0.15, 0.2) is 0 Å². The number of nitrogens with one attached hydrogen (secondary N) is 1. The van der Waals surface area contributed by atoms with E-state index in [1.807, 2.05) is 42.7 Å². The molecule has 2 rings (SSSR count). The number of nitrogens with zero attached hydrogens (tertiary/aromatic N) is 2. The standard InChI is InChI=1S/C14H19N3O2/c1-3-15-12(14(18)19-4-2)9-17-10-16-11-7-5-6-8-13(11)17/h5-8,10,12,15H,3-4,9H2,1-2H3. The molecular weight excluding hydrogens is 242 g/mol. The number of likely N-dealkylation sites (N-methyl/N-ethyl adjacent to an activating group) is 1. The molecule has 0 radical (unpaired) electrons. The highest BCUT2D eigenvalue weighted by atomic mass is 16.5. The molecule has 2 aromatic rings. The van der Waals surface area contributed by atoms with E-state index in [0.717, 1.165) is 17.6 Å². The zero-order valence-electron chi connectivity index (χ0n) is 11.3. The summed E-state index contributed by atoms with van der Waals surface area (Å²) in [7, 11) is 0. The molecule has 1 N–H and O–H groups in total. The third kappa shape index (κ3) is 3.12. The van der Waals surface area contributed by atoms with E-state index < -0.39 is 0 Å². The minimum Gasteiger partial charge on any atom is -0.465 e. The summed E-state index contributed by atoms with van der Waals surface area (Å²) in [6, 6.07) is 7.53. The van der Waals surface area contributed by atoms with E-state index in [2.05, 4.69) is 10.3 Å². The minimum atomic E-state index is -0.345. The van der Waals surface area contributed by atoms with Crippen molar-refractivity contribution in [2.45, 2.75) is 26.4 Å². The van der Waals surface area contributed by atoms with Gasteiger partial charge in [-0.05, 0) is 25.6 Å². The Labute approximate surface area is 112 Å². The van der Waals surface area contributed by atoms with Crippen molar-refractivity contribution < 1.29 is 9.53 Å². The molecule has 0 amide bonds. The van der Waals surface area contributed by atoms with Crippen molar-refractivity contribution in [2.75, 3.05) is 13.2 Å². The number of esters is 1. The van der Waals surface area contributed by atoms with E-state index in [1.165, 1.54) is 0 Å². The molecule has 0 saturated heterocycles. The fourth-order valence-corrected chi connectivity index (χ4v) is 2.06. The molecule has 0 aliphatic heterocycles. The van der Waals surface area contributed by atoms with Gasteiger partial charge in [0.25, 0.3) is 0 Å². The maximum absolute atomic E-state index is 11.9. The monoisotopic (exact) mass is 261 g/mol. The number of imidazole rings is 1. The molecule has 1 unspecified atom stereocenters. The molecule has 1 aromatic heterocycles. The maximum atomic E-state index is 11.9. The van der Waals surface area contributed by atoms with Crippen molar-refractivity contribution in [3.63, 3.8) is 0 Å². The zero-order valence-corrected chi connectivity index (χ0v) is 11.3.